The van der Waals surface area contributed by atoms with Gasteiger partial charge < -0.3 is 9.88 Å². The molecule has 0 saturated heterocycles. The number of amides is 1. The van der Waals surface area contributed by atoms with E-state index in [0.717, 1.165) is 17.8 Å². The Bertz CT molecular complexity index is 1830. The minimum absolute atomic E-state index is 0.0237. The summed E-state index contributed by atoms with van der Waals surface area (Å²) in [7, 11) is 0. The molecular weight excluding hydrogens is 566 g/mol. The Balaban J connectivity index is 0.00000106. The van der Waals surface area contributed by atoms with E-state index in [1.807, 2.05) is 46.8 Å². The summed E-state index contributed by atoms with van der Waals surface area (Å²) in [6.07, 6.45) is 9.23. The molecule has 11 heteroatoms. The maximum absolute atomic E-state index is 14.1. The highest BCUT2D eigenvalue weighted by molar-refractivity contribution is 5.92. The van der Waals surface area contributed by atoms with Gasteiger partial charge in [-0.15, -0.1) is 0 Å². The molecule has 0 bridgehead atoms. The summed E-state index contributed by atoms with van der Waals surface area (Å²) in [5.74, 6) is -0.908. The number of halogens is 2. The fourth-order valence-corrected chi connectivity index (χ4v) is 5.47. The molecule has 1 aromatic carbocycles. The third-order valence-corrected chi connectivity index (χ3v) is 7.40. The van der Waals surface area contributed by atoms with Crippen molar-refractivity contribution in [2.24, 2.45) is 0 Å². The number of benzene rings is 1. The summed E-state index contributed by atoms with van der Waals surface area (Å²) in [5.41, 5.74) is 0.599. The number of imidazole rings is 1. The maximum Gasteiger partial charge on any atom is 0.337 e. The van der Waals surface area contributed by atoms with Gasteiger partial charge in [-0.25, -0.2) is 28.1 Å². The lowest BCUT2D eigenvalue weighted by Crippen LogP contribution is -2.45. The first-order valence-electron chi connectivity index (χ1n) is 15.1. The molecule has 0 atom stereocenters. The highest BCUT2D eigenvalue weighted by Gasteiger charge is 2.28. The van der Waals surface area contributed by atoms with Crippen molar-refractivity contribution < 1.29 is 13.6 Å². The van der Waals surface area contributed by atoms with Crippen molar-refractivity contribution in [3.8, 4) is 5.69 Å². The lowest BCUT2D eigenvalue weighted by molar-refractivity contribution is 0.0917. The van der Waals surface area contributed by atoms with E-state index in [-0.39, 0.29) is 40.9 Å². The first-order valence-corrected chi connectivity index (χ1v) is 15.1. The smallest absolute Gasteiger partial charge is 0.337 e. The monoisotopic (exact) mass is 604 g/mol. The van der Waals surface area contributed by atoms with Gasteiger partial charge in [0.1, 0.15) is 23.2 Å². The molecule has 1 aliphatic carbocycles. The Hall–Kier alpha value is -4.67. The number of fused-ring (bicyclic) bond motifs is 2. The third kappa shape index (κ3) is 6.61. The Kier molecular flexibility index (Phi) is 10.4. The molecule has 9 nitrogen and oxygen atoms in total. The van der Waals surface area contributed by atoms with Crippen LogP contribution in [0.5, 0.6) is 0 Å². The lowest BCUT2D eigenvalue weighted by atomic mass is 9.90. The molecule has 0 unspecified atom stereocenters. The van der Waals surface area contributed by atoms with Crippen LogP contribution in [-0.2, 0) is 0 Å². The van der Waals surface area contributed by atoms with E-state index in [2.05, 4.69) is 15.3 Å². The van der Waals surface area contributed by atoms with E-state index in [1.54, 1.807) is 24.3 Å². The summed E-state index contributed by atoms with van der Waals surface area (Å²) in [4.78, 5) is 48.5. The van der Waals surface area contributed by atoms with Gasteiger partial charge in [-0.2, -0.15) is 0 Å². The zero-order valence-electron chi connectivity index (χ0n) is 25.7. The number of allylic oxidation sites excluding steroid dienone is 2. The van der Waals surface area contributed by atoms with Crippen molar-refractivity contribution in [3.05, 3.63) is 98.4 Å². The van der Waals surface area contributed by atoms with Crippen LogP contribution in [0.4, 0.5) is 8.78 Å². The molecular formula is C33H38F2N6O3. The average Bonchev–Trinajstić information content (AvgIpc) is 3.34. The van der Waals surface area contributed by atoms with E-state index in [0.29, 0.717) is 37.2 Å². The van der Waals surface area contributed by atoms with Gasteiger partial charge in [0.2, 0.25) is 0 Å². The van der Waals surface area contributed by atoms with Crippen molar-refractivity contribution in [2.45, 2.75) is 78.8 Å². The van der Waals surface area contributed by atoms with Crippen LogP contribution in [0.15, 0.2) is 64.2 Å². The number of carbonyl (C=O) groups excluding carboxylic acids is 1. The number of nitrogens with one attached hydrogen (secondary N) is 1. The molecule has 44 heavy (non-hydrogen) atoms. The predicted molar refractivity (Wildman–Crippen MR) is 169 cm³/mol. The summed E-state index contributed by atoms with van der Waals surface area (Å²) < 4.78 is 32.0. The van der Waals surface area contributed by atoms with E-state index in [1.165, 1.54) is 26.1 Å². The first kappa shape index (κ1) is 32.2. The molecule has 1 fully saturated rings. The normalized spacial score (nSPS) is 17.3. The van der Waals surface area contributed by atoms with Crippen LogP contribution >= 0.6 is 0 Å². The van der Waals surface area contributed by atoms with Crippen LogP contribution in [0.3, 0.4) is 0 Å². The zero-order valence-corrected chi connectivity index (χ0v) is 25.7. The van der Waals surface area contributed by atoms with Crippen LogP contribution in [0, 0.1) is 12.7 Å². The summed E-state index contributed by atoms with van der Waals surface area (Å²) >= 11 is 0. The van der Waals surface area contributed by atoms with E-state index in [9.17, 15) is 23.2 Å². The quantitative estimate of drug-likeness (QED) is 0.293. The SMILES string of the molecule is CC.CC.Cc1cccc(-n2c(=O)n(C3CCC(NC(=O)c4cn5c(n4)C=CCC(F)=C5)CC3)c(=O)c3cc(F)cnc32)c1. The Morgan fingerprint density at radius 1 is 1.02 bits per heavy atom. The second-order valence-corrected chi connectivity index (χ2v) is 10.2. The van der Waals surface area contributed by atoms with Crippen molar-refractivity contribution in [2.75, 3.05) is 0 Å². The molecule has 1 N–H and O–H groups in total. The average molecular weight is 605 g/mol. The number of pyridine rings is 1. The Morgan fingerprint density at radius 2 is 1.75 bits per heavy atom. The van der Waals surface area contributed by atoms with Crippen LogP contribution in [0.25, 0.3) is 29.0 Å². The molecule has 6 rings (SSSR count). The molecule has 3 aromatic heterocycles. The predicted octanol–water partition coefficient (Wildman–Crippen LogP) is 6.34. The number of carbonyl (C=O) groups is 1. The molecule has 1 amide bonds. The number of aryl methyl sites for hydroxylation is 1. The number of nitrogens with zero attached hydrogens (tertiary/aromatic N) is 5. The number of aromatic nitrogens is 5. The van der Waals surface area contributed by atoms with Gasteiger partial charge in [-0.1, -0.05) is 45.9 Å². The largest absolute Gasteiger partial charge is 0.348 e. The highest BCUT2D eigenvalue weighted by Crippen LogP contribution is 2.28. The van der Waals surface area contributed by atoms with Gasteiger partial charge >= 0.3 is 5.69 Å². The van der Waals surface area contributed by atoms with Crippen molar-refractivity contribution in [1.82, 2.24) is 29.0 Å². The van der Waals surface area contributed by atoms with Crippen molar-refractivity contribution in [3.63, 3.8) is 0 Å². The highest BCUT2D eigenvalue weighted by atomic mass is 19.1. The minimum atomic E-state index is -0.665. The van der Waals surface area contributed by atoms with E-state index in [4.69, 9.17) is 0 Å². The van der Waals surface area contributed by atoms with Gasteiger partial charge in [0.15, 0.2) is 5.65 Å². The summed E-state index contributed by atoms with van der Waals surface area (Å²) in [6.45, 7) is 9.89. The number of hydrogen-bond acceptors (Lipinski definition) is 5. The Labute approximate surface area is 254 Å². The van der Waals surface area contributed by atoms with Crippen molar-refractivity contribution >= 4 is 29.2 Å². The molecule has 0 radical (unpaired) electrons. The van der Waals surface area contributed by atoms with E-state index >= 15 is 0 Å². The molecule has 1 saturated carbocycles. The Morgan fingerprint density at radius 3 is 2.45 bits per heavy atom. The third-order valence-electron chi connectivity index (χ3n) is 7.40. The second kappa shape index (κ2) is 14.2. The minimum Gasteiger partial charge on any atom is -0.348 e. The van der Waals surface area contributed by atoms with Gasteiger partial charge in [0, 0.05) is 30.9 Å². The van der Waals surface area contributed by atoms with Crippen molar-refractivity contribution in [1.29, 1.82) is 0 Å². The molecule has 0 spiro atoms. The molecule has 1 aliphatic heterocycles. The topological polar surface area (TPSA) is 104 Å². The van der Waals surface area contributed by atoms with E-state index < -0.39 is 23.1 Å². The van der Waals surface area contributed by atoms with Crippen LogP contribution in [0.1, 0.15) is 87.7 Å². The summed E-state index contributed by atoms with van der Waals surface area (Å²) in [5, 5.41) is 2.99. The molecule has 4 aromatic rings. The maximum atomic E-state index is 14.1. The fraction of sp³-hybridized carbons (Fsp3) is 0.364. The van der Waals surface area contributed by atoms with Crippen LogP contribution < -0.4 is 16.6 Å². The van der Waals surface area contributed by atoms with Crippen LogP contribution in [-0.4, -0.2) is 35.6 Å². The number of rotatable bonds is 4. The molecule has 4 heterocycles. The zero-order chi connectivity index (χ0) is 32.0. The summed E-state index contributed by atoms with van der Waals surface area (Å²) in [6, 6.07) is 7.74. The van der Waals surface area contributed by atoms with Gasteiger partial charge in [0.05, 0.1) is 17.3 Å². The fourth-order valence-electron chi connectivity index (χ4n) is 5.47. The van der Waals surface area contributed by atoms with Gasteiger partial charge in [-0.3, -0.25) is 14.2 Å². The van der Waals surface area contributed by atoms with Crippen LogP contribution in [0.2, 0.25) is 0 Å². The van der Waals surface area contributed by atoms with Gasteiger partial charge in [0.25, 0.3) is 11.5 Å². The van der Waals surface area contributed by atoms with Gasteiger partial charge in [-0.05, 0) is 62.4 Å². The number of hydrogen-bond donors (Lipinski definition) is 1. The standard InChI is InChI=1S/C29H26F2N6O3.2C2H6/c1-17-4-2-6-22(12-17)36-26-23(13-19(31)14-32-26)28(39)37(29(36)40)21-10-8-20(9-11-21)33-27(38)24-16-35-15-18(30)5-3-7-25(35)34-24;2*1-2/h2-4,6-7,12-16,20-21H,5,8-11H2,1H3,(H,33,38);2*1-2H3. The lowest BCUT2D eigenvalue weighted by Gasteiger charge is -2.30. The first-order chi connectivity index (χ1) is 21.3. The second-order valence-electron chi connectivity index (χ2n) is 10.2. The molecule has 2 aliphatic rings. The molecule has 232 valence electrons.